The van der Waals surface area contributed by atoms with Crippen LogP contribution in [0.15, 0.2) is 42.5 Å². The van der Waals surface area contributed by atoms with Crippen LogP contribution in [0.1, 0.15) is 5.56 Å². The number of sulfonamides is 1. The van der Waals surface area contributed by atoms with Gasteiger partial charge in [-0.05, 0) is 25.7 Å². The van der Waals surface area contributed by atoms with Crippen molar-refractivity contribution in [2.45, 2.75) is 25.0 Å². The molecule has 2 rings (SSSR count). The third kappa shape index (κ3) is 6.04. The molecule has 0 saturated heterocycles. The fourth-order valence-electron chi connectivity index (χ4n) is 2.31. The van der Waals surface area contributed by atoms with Gasteiger partial charge in [0.05, 0.1) is 25.5 Å². The van der Waals surface area contributed by atoms with Crippen LogP contribution in [0, 0.1) is 0 Å². The summed E-state index contributed by atoms with van der Waals surface area (Å²) < 4.78 is 37.2. The fourth-order valence-corrected chi connectivity index (χ4v) is 3.04. The van der Waals surface area contributed by atoms with E-state index >= 15 is 0 Å². The standard InChI is InChI=1S/C16H24N2O4S/c1-18(2)16-10-9-14(17-23(3,19)20)15(22-16)12-21-11-13-7-5-4-6-8-13/h4-10,14-17H,11-12H2,1-3H3/t14-,15+,16+/m0/s1. The molecule has 3 atom stereocenters. The molecule has 1 aliphatic rings. The van der Waals surface area contributed by atoms with Gasteiger partial charge in [0.25, 0.3) is 0 Å². The Labute approximate surface area is 138 Å². The van der Waals surface area contributed by atoms with Crippen molar-refractivity contribution in [3.05, 3.63) is 48.0 Å². The number of hydrogen-bond donors (Lipinski definition) is 1. The van der Waals surface area contributed by atoms with E-state index in [0.717, 1.165) is 11.8 Å². The molecule has 1 aliphatic heterocycles. The first-order chi connectivity index (χ1) is 10.8. The van der Waals surface area contributed by atoms with Crippen molar-refractivity contribution >= 4 is 10.0 Å². The van der Waals surface area contributed by atoms with Crippen LogP contribution >= 0.6 is 0 Å². The molecule has 7 heteroatoms. The lowest BCUT2D eigenvalue weighted by Crippen LogP contribution is -2.50. The van der Waals surface area contributed by atoms with Gasteiger partial charge < -0.3 is 9.47 Å². The topological polar surface area (TPSA) is 67.9 Å². The minimum Gasteiger partial charge on any atom is -0.374 e. The Morgan fingerprint density at radius 2 is 1.91 bits per heavy atom. The predicted octanol–water partition coefficient (Wildman–Crippen LogP) is 0.964. The van der Waals surface area contributed by atoms with Crippen molar-refractivity contribution in [2.75, 3.05) is 27.0 Å². The fraction of sp³-hybridized carbons (Fsp3) is 0.500. The van der Waals surface area contributed by atoms with Crippen molar-refractivity contribution in [1.29, 1.82) is 0 Å². The molecular weight excluding hydrogens is 316 g/mol. The number of benzene rings is 1. The Balaban J connectivity index is 1.97. The van der Waals surface area contributed by atoms with Gasteiger partial charge in [-0.1, -0.05) is 36.4 Å². The largest absolute Gasteiger partial charge is 0.374 e. The highest BCUT2D eigenvalue weighted by atomic mass is 32.2. The van der Waals surface area contributed by atoms with E-state index in [0.29, 0.717) is 13.2 Å². The van der Waals surface area contributed by atoms with E-state index in [1.807, 2.05) is 61.5 Å². The van der Waals surface area contributed by atoms with E-state index in [4.69, 9.17) is 9.47 Å². The van der Waals surface area contributed by atoms with Crippen LogP contribution in [0.3, 0.4) is 0 Å². The zero-order valence-corrected chi connectivity index (χ0v) is 14.5. The first-order valence-electron chi connectivity index (χ1n) is 7.44. The third-order valence-corrected chi connectivity index (χ3v) is 4.15. The highest BCUT2D eigenvalue weighted by molar-refractivity contribution is 7.88. The summed E-state index contributed by atoms with van der Waals surface area (Å²) in [5.41, 5.74) is 1.07. The molecule has 0 amide bonds. The van der Waals surface area contributed by atoms with Crippen LogP contribution in [-0.4, -0.2) is 58.6 Å². The Bertz CT molecular complexity index is 616. The van der Waals surface area contributed by atoms with Crippen LogP contribution in [0.5, 0.6) is 0 Å². The SMILES string of the molecule is CN(C)[C@H]1C=C[C@H](NS(C)(=O)=O)[C@@H](COCc2ccccc2)O1. The first-order valence-corrected chi connectivity index (χ1v) is 9.33. The Morgan fingerprint density at radius 1 is 1.22 bits per heavy atom. The van der Waals surface area contributed by atoms with E-state index in [2.05, 4.69) is 4.72 Å². The summed E-state index contributed by atoms with van der Waals surface area (Å²) in [4.78, 5) is 1.91. The smallest absolute Gasteiger partial charge is 0.209 e. The summed E-state index contributed by atoms with van der Waals surface area (Å²) in [5.74, 6) is 0. The summed E-state index contributed by atoms with van der Waals surface area (Å²) in [7, 11) is 0.486. The number of ether oxygens (including phenoxy) is 2. The lowest BCUT2D eigenvalue weighted by atomic mass is 10.1. The molecule has 1 heterocycles. The minimum absolute atomic E-state index is 0.196. The van der Waals surface area contributed by atoms with E-state index in [-0.39, 0.29) is 12.3 Å². The van der Waals surface area contributed by atoms with E-state index in [1.165, 1.54) is 0 Å². The number of rotatable bonds is 7. The Hall–Kier alpha value is -1.25. The lowest BCUT2D eigenvalue weighted by Gasteiger charge is -2.35. The van der Waals surface area contributed by atoms with E-state index in [9.17, 15) is 8.42 Å². The highest BCUT2D eigenvalue weighted by Crippen LogP contribution is 2.16. The maximum absolute atomic E-state index is 11.5. The van der Waals surface area contributed by atoms with Crippen LogP contribution in [0.25, 0.3) is 0 Å². The highest BCUT2D eigenvalue weighted by Gasteiger charge is 2.30. The molecule has 128 valence electrons. The molecule has 0 radical (unpaired) electrons. The molecule has 0 fully saturated rings. The molecule has 0 spiro atoms. The maximum atomic E-state index is 11.5. The summed E-state index contributed by atoms with van der Waals surface area (Å²) in [6.45, 7) is 0.763. The first kappa shape index (κ1) is 18.1. The van der Waals surface area contributed by atoms with Gasteiger partial charge in [0, 0.05) is 0 Å². The van der Waals surface area contributed by atoms with Gasteiger partial charge in [-0.2, -0.15) is 0 Å². The second-order valence-electron chi connectivity index (χ2n) is 5.83. The van der Waals surface area contributed by atoms with Crippen molar-refractivity contribution < 1.29 is 17.9 Å². The molecule has 0 aliphatic carbocycles. The number of likely N-dealkylation sites (N-methyl/N-ethyl adjacent to an activating group) is 1. The molecule has 0 saturated carbocycles. The van der Waals surface area contributed by atoms with Gasteiger partial charge in [-0.25, -0.2) is 13.1 Å². The van der Waals surface area contributed by atoms with Crippen molar-refractivity contribution in [3.8, 4) is 0 Å². The molecule has 1 aromatic carbocycles. The minimum atomic E-state index is -3.32. The summed E-state index contributed by atoms with van der Waals surface area (Å²) >= 11 is 0. The zero-order chi connectivity index (χ0) is 16.9. The molecule has 23 heavy (non-hydrogen) atoms. The van der Waals surface area contributed by atoms with Gasteiger partial charge in [0.2, 0.25) is 10.0 Å². The molecule has 0 aromatic heterocycles. The van der Waals surface area contributed by atoms with Gasteiger partial charge in [0.1, 0.15) is 12.3 Å². The molecule has 0 unspecified atom stereocenters. The quantitative estimate of drug-likeness (QED) is 0.749. The molecule has 6 nitrogen and oxygen atoms in total. The van der Waals surface area contributed by atoms with Crippen molar-refractivity contribution in [3.63, 3.8) is 0 Å². The maximum Gasteiger partial charge on any atom is 0.209 e. The number of nitrogens with zero attached hydrogens (tertiary/aromatic N) is 1. The number of nitrogens with one attached hydrogen (secondary N) is 1. The summed E-state index contributed by atoms with van der Waals surface area (Å²) in [5, 5.41) is 0. The zero-order valence-electron chi connectivity index (χ0n) is 13.7. The van der Waals surface area contributed by atoms with Crippen molar-refractivity contribution in [1.82, 2.24) is 9.62 Å². The Kier molecular flexibility index (Phi) is 6.32. The van der Waals surface area contributed by atoms with Crippen LogP contribution in [0.2, 0.25) is 0 Å². The van der Waals surface area contributed by atoms with Gasteiger partial charge in [0.15, 0.2) is 0 Å². The number of hydrogen-bond acceptors (Lipinski definition) is 5. The van der Waals surface area contributed by atoms with Gasteiger partial charge >= 0.3 is 0 Å². The Morgan fingerprint density at radius 3 is 2.52 bits per heavy atom. The van der Waals surface area contributed by atoms with Crippen LogP contribution in [-0.2, 0) is 26.1 Å². The molecule has 1 N–H and O–H groups in total. The average molecular weight is 340 g/mol. The van der Waals surface area contributed by atoms with Crippen LogP contribution in [0.4, 0.5) is 0 Å². The average Bonchev–Trinajstić information content (AvgIpc) is 2.48. The van der Waals surface area contributed by atoms with E-state index in [1.54, 1.807) is 0 Å². The van der Waals surface area contributed by atoms with E-state index < -0.39 is 16.1 Å². The lowest BCUT2D eigenvalue weighted by molar-refractivity contribution is -0.100. The van der Waals surface area contributed by atoms with Gasteiger partial charge in [-0.15, -0.1) is 0 Å². The monoisotopic (exact) mass is 340 g/mol. The predicted molar refractivity (Wildman–Crippen MR) is 89.4 cm³/mol. The second kappa shape index (κ2) is 8.03. The van der Waals surface area contributed by atoms with Crippen molar-refractivity contribution in [2.24, 2.45) is 0 Å². The molecule has 0 bridgehead atoms. The van der Waals surface area contributed by atoms with Gasteiger partial charge in [-0.3, -0.25) is 4.90 Å². The summed E-state index contributed by atoms with van der Waals surface area (Å²) in [6.07, 6.45) is 4.23. The van der Waals surface area contributed by atoms with Crippen LogP contribution < -0.4 is 4.72 Å². The normalized spacial score (nSPS) is 25.0. The summed E-state index contributed by atoms with van der Waals surface area (Å²) in [6, 6.07) is 9.39. The second-order valence-corrected chi connectivity index (χ2v) is 7.61. The molecular formula is C16H24N2O4S. The third-order valence-electron chi connectivity index (χ3n) is 3.45. The molecule has 1 aromatic rings.